The number of hydrogen-bond donors (Lipinski definition) is 1. The van der Waals surface area contributed by atoms with Crippen LogP contribution in [0.3, 0.4) is 0 Å². The predicted molar refractivity (Wildman–Crippen MR) is 168 cm³/mol. The molecule has 2 aromatic carbocycles. The first-order valence-corrected chi connectivity index (χ1v) is 16.1. The van der Waals surface area contributed by atoms with Gasteiger partial charge in [-0.3, -0.25) is 25.1 Å². The van der Waals surface area contributed by atoms with Gasteiger partial charge in [0.15, 0.2) is 5.79 Å². The molecular weight excluding hydrogens is 572 g/mol. The van der Waals surface area contributed by atoms with Crippen LogP contribution in [0, 0.1) is 32.8 Å². The fourth-order valence-electron chi connectivity index (χ4n) is 9.38. The molecule has 3 aliphatic heterocycles. The van der Waals surface area contributed by atoms with Gasteiger partial charge in [0.1, 0.15) is 12.2 Å². The van der Waals surface area contributed by atoms with Crippen molar-refractivity contribution in [3.05, 3.63) is 81.9 Å². The van der Waals surface area contributed by atoms with Crippen molar-refractivity contribution in [1.29, 1.82) is 0 Å². The van der Waals surface area contributed by atoms with Gasteiger partial charge in [-0.15, -0.1) is 0 Å². The number of hydrazine groups is 1. The molecule has 7 rings (SSSR count). The Morgan fingerprint density at radius 3 is 2.56 bits per heavy atom. The number of anilines is 1. The van der Waals surface area contributed by atoms with Crippen LogP contribution in [-0.4, -0.2) is 52.5 Å². The van der Waals surface area contributed by atoms with E-state index in [-0.39, 0.29) is 40.0 Å². The summed E-state index contributed by atoms with van der Waals surface area (Å²) in [4.78, 5) is 40.4. The summed E-state index contributed by atoms with van der Waals surface area (Å²) in [5, 5.41) is 12.7. The van der Waals surface area contributed by atoms with E-state index in [9.17, 15) is 19.7 Å². The molecule has 10 nitrogen and oxygen atoms in total. The zero-order valence-corrected chi connectivity index (χ0v) is 26.5. The van der Waals surface area contributed by atoms with Gasteiger partial charge in [0.05, 0.1) is 17.6 Å². The second-order valence-corrected chi connectivity index (χ2v) is 14.6. The third-order valence-corrected chi connectivity index (χ3v) is 11.6. The van der Waals surface area contributed by atoms with Crippen LogP contribution in [0.5, 0.6) is 0 Å². The SMILES string of the molecule is C=C1CC[C@@H]2[C@]3(C)COC(C)(C)O[C@@H]3CC[C@@]2(C)C1C[C@H]1N(NC(=O)c2ccc([N+](=O)[O-])cc2)C(=O)[C@@H]2Cc3ccccc3N21. The third-order valence-electron chi connectivity index (χ3n) is 11.6. The van der Waals surface area contributed by atoms with Gasteiger partial charge in [0.2, 0.25) is 0 Å². The summed E-state index contributed by atoms with van der Waals surface area (Å²) in [5.41, 5.74) is 6.17. The Balaban J connectivity index is 1.22. The minimum atomic E-state index is -0.597. The number of rotatable bonds is 5. The highest BCUT2D eigenvalue weighted by Crippen LogP contribution is 2.64. The highest BCUT2D eigenvalue weighted by molar-refractivity contribution is 5.98. The number of nitrogens with one attached hydrogen (secondary N) is 1. The van der Waals surface area contributed by atoms with E-state index in [2.05, 4.69) is 42.9 Å². The second-order valence-electron chi connectivity index (χ2n) is 14.6. The highest BCUT2D eigenvalue weighted by atomic mass is 16.7. The minimum absolute atomic E-state index is 0.0940. The number of carbonyl (C=O) groups is 2. The van der Waals surface area contributed by atoms with E-state index in [0.29, 0.717) is 25.4 Å². The lowest BCUT2D eigenvalue weighted by molar-refractivity contribution is -0.384. The van der Waals surface area contributed by atoms with Crippen molar-refractivity contribution < 1.29 is 24.0 Å². The first kappa shape index (κ1) is 29.9. The number of benzene rings is 2. The van der Waals surface area contributed by atoms with Gasteiger partial charge in [-0.2, -0.15) is 0 Å². The number of nitrogens with zero attached hydrogens (tertiary/aromatic N) is 3. The molecule has 5 aliphatic rings. The van der Waals surface area contributed by atoms with Crippen molar-refractivity contribution >= 4 is 23.2 Å². The lowest BCUT2D eigenvalue weighted by atomic mass is 9.46. The molecule has 45 heavy (non-hydrogen) atoms. The van der Waals surface area contributed by atoms with Gasteiger partial charge >= 0.3 is 0 Å². The molecule has 7 atom stereocenters. The number of non-ortho nitro benzene ring substituents is 1. The van der Waals surface area contributed by atoms with Crippen LogP contribution in [0.1, 0.15) is 75.7 Å². The maximum atomic E-state index is 14.1. The van der Waals surface area contributed by atoms with Crippen molar-refractivity contribution in [1.82, 2.24) is 10.4 Å². The van der Waals surface area contributed by atoms with Crippen LogP contribution in [0.25, 0.3) is 0 Å². The van der Waals surface area contributed by atoms with Gasteiger partial charge in [-0.1, -0.05) is 44.2 Å². The van der Waals surface area contributed by atoms with Crippen LogP contribution in [0.15, 0.2) is 60.7 Å². The molecule has 0 radical (unpaired) electrons. The molecular formula is C35H42N4O6. The van der Waals surface area contributed by atoms with E-state index in [4.69, 9.17) is 9.47 Å². The van der Waals surface area contributed by atoms with E-state index in [1.54, 1.807) is 0 Å². The van der Waals surface area contributed by atoms with E-state index in [1.165, 1.54) is 34.8 Å². The van der Waals surface area contributed by atoms with Crippen molar-refractivity contribution in [2.75, 3.05) is 11.5 Å². The minimum Gasteiger partial charge on any atom is -0.350 e. The Bertz CT molecular complexity index is 1570. The van der Waals surface area contributed by atoms with Crippen molar-refractivity contribution in [3.63, 3.8) is 0 Å². The van der Waals surface area contributed by atoms with Crippen LogP contribution >= 0.6 is 0 Å². The molecule has 1 unspecified atom stereocenters. The topological polar surface area (TPSA) is 114 Å². The first-order chi connectivity index (χ1) is 21.3. The number of nitro groups is 1. The average Bonchev–Trinajstić information content (AvgIpc) is 3.50. The fraction of sp³-hybridized carbons (Fsp3) is 0.543. The summed E-state index contributed by atoms with van der Waals surface area (Å²) in [5.74, 6) is -0.775. The molecule has 4 fully saturated rings. The molecule has 0 bridgehead atoms. The molecule has 10 heteroatoms. The molecule has 2 aromatic rings. The second kappa shape index (κ2) is 10.4. The van der Waals surface area contributed by atoms with Gasteiger partial charge in [-0.25, -0.2) is 5.01 Å². The number of fused-ring (bicyclic) bond motifs is 6. The maximum Gasteiger partial charge on any atom is 0.269 e. The zero-order valence-electron chi connectivity index (χ0n) is 26.5. The quantitative estimate of drug-likeness (QED) is 0.258. The molecule has 2 aliphatic carbocycles. The monoisotopic (exact) mass is 614 g/mol. The molecule has 1 N–H and O–H groups in total. The lowest BCUT2D eigenvalue weighted by Gasteiger charge is -2.63. The molecule has 0 spiro atoms. The molecule has 2 saturated heterocycles. The van der Waals surface area contributed by atoms with Crippen LogP contribution in [0.2, 0.25) is 0 Å². The van der Waals surface area contributed by atoms with E-state index in [0.717, 1.165) is 36.9 Å². The van der Waals surface area contributed by atoms with E-state index in [1.807, 2.05) is 26.0 Å². The van der Waals surface area contributed by atoms with Crippen LogP contribution in [0.4, 0.5) is 11.4 Å². The molecule has 3 heterocycles. The number of nitro benzene ring substituents is 1. The zero-order chi connectivity index (χ0) is 31.9. The highest BCUT2D eigenvalue weighted by Gasteiger charge is 2.62. The third kappa shape index (κ3) is 4.67. The average molecular weight is 615 g/mol. The summed E-state index contributed by atoms with van der Waals surface area (Å²) in [6.45, 7) is 13.9. The summed E-state index contributed by atoms with van der Waals surface area (Å²) < 4.78 is 12.8. The predicted octanol–water partition coefficient (Wildman–Crippen LogP) is 5.77. The van der Waals surface area contributed by atoms with Gasteiger partial charge in [-0.05, 0) is 87.0 Å². The Morgan fingerprint density at radius 1 is 1.09 bits per heavy atom. The number of hydrogen-bond acceptors (Lipinski definition) is 7. The summed E-state index contributed by atoms with van der Waals surface area (Å²) in [6.07, 6.45) is 4.72. The van der Waals surface area contributed by atoms with Crippen molar-refractivity contribution in [2.45, 2.75) is 90.3 Å². The number of amides is 2. The number of allylic oxidation sites excluding steroid dienone is 1. The van der Waals surface area contributed by atoms with Gasteiger partial charge in [0.25, 0.3) is 17.5 Å². The largest absolute Gasteiger partial charge is 0.350 e. The van der Waals surface area contributed by atoms with Gasteiger partial charge < -0.3 is 14.4 Å². The van der Waals surface area contributed by atoms with Crippen molar-refractivity contribution in [3.8, 4) is 0 Å². The van der Waals surface area contributed by atoms with E-state index >= 15 is 0 Å². The fourth-order valence-corrected chi connectivity index (χ4v) is 9.38. The van der Waals surface area contributed by atoms with E-state index < -0.39 is 28.8 Å². The maximum absolute atomic E-state index is 14.1. The summed E-state index contributed by atoms with van der Waals surface area (Å²) in [7, 11) is 0. The Morgan fingerprint density at radius 2 is 1.82 bits per heavy atom. The Labute approximate surface area is 263 Å². The normalized spacial score (nSPS) is 34.9. The van der Waals surface area contributed by atoms with Crippen LogP contribution in [-0.2, 0) is 20.7 Å². The Hall–Kier alpha value is -3.76. The van der Waals surface area contributed by atoms with Crippen LogP contribution < -0.4 is 10.3 Å². The Kier molecular flexibility index (Phi) is 6.91. The van der Waals surface area contributed by atoms with Crippen molar-refractivity contribution in [2.24, 2.45) is 22.7 Å². The molecule has 2 amide bonds. The number of ether oxygens (including phenoxy) is 2. The number of para-hydroxylation sites is 1. The molecule has 238 valence electrons. The first-order valence-electron chi connectivity index (χ1n) is 16.1. The lowest BCUT2D eigenvalue weighted by Crippen LogP contribution is -2.63. The smallest absolute Gasteiger partial charge is 0.269 e. The standard InChI is InChI=1S/C35H42N4O6/c1-21-10-15-28-34(4,17-16-29-35(28,5)20-44-33(2,3)45-29)25(21)19-30-37-26-9-7-6-8-23(26)18-27(37)32(41)38(30)36-31(40)22-11-13-24(14-12-22)39(42)43/h6-9,11-14,25,27-30H,1,10,15-20H2,2-5H3,(H,36,40)/t25?,27-,28-,29+,30+,34-,35-/m0/s1. The number of carbonyl (C=O) groups excluding carboxylic acids is 2. The molecule has 0 aromatic heterocycles. The summed E-state index contributed by atoms with van der Waals surface area (Å²) in [6, 6.07) is 13.1. The molecule has 2 saturated carbocycles. The summed E-state index contributed by atoms with van der Waals surface area (Å²) >= 11 is 0. The van der Waals surface area contributed by atoms with Gasteiger partial charge in [0, 0.05) is 35.2 Å².